The lowest BCUT2D eigenvalue weighted by Crippen LogP contribution is -2.36. The number of unbranched alkanes of at least 4 members (excludes halogenated alkanes) is 3. The molecule has 194 valence electrons. The van der Waals surface area contributed by atoms with E-state index in [1.165, 1.54) is 19.3 Å². The predicted octanol–water partition coefficient (Wildman–Crippen LogP) is 7.25. The summed E-state index contributed by atoms with van der Waals surface area (Å²) in [5.41, 5.74) is 1.37. The predicted molar refractivity (Wildman–Crippen MR) is 153 cm³/mol. The molecule has 6 nitrogen and oxygen atoms in total. The summed E-state index contributed by atoms with van der Waals surface area (Å²) >= 11 is 15.1. The van der Waals surface area contributed by atoms with E-state index < -0.39 is 0 Å². The summed E-state index contributed by atoms with van der Waals surface area (Å²) in [5.74, 6) is 0.138. The van der Waals surface area contributed by atoms with Gasteiger partial charge in [0.2, 0.25) is 0 Å². The molecule has 1 aliphatic carbocycles. The third-order valence-corrected chi connectivity index (χ3v) is 7.24. The fourth-order valence-electron chi connectivity index (χ4n) is 4.09. The number of anilines is 1. The summed E-state index contributed by atoms with van der Waals surface area (Å²) < 4.78 is 6.51. The molecule has 0 bridgehead atoms. The Balaban J connectivity index is 1.54. The van der Waals surface area contributed by atoms with Gasteiger partial charge in [0.05, 0.1) is 21.7 Å². The Labute approximate surface area is 232 Å². The largest absolute Gasteiger partial charge is 0.492 e. The molecule has 0 unspecified atom stereocenters. The molecule has 36 heavy (non-hydrogen) atoms. The van der Waals surface area contributed by atoms with Crippen molar-refractivity contribution in [1.29, 1.82) is 0 Å². The Kier molecular flexibility index (Phi) is 11.5. The van der Waals surface area contributed by atoms with Crippen molar-refractivity contribution in [1.82, 2.24) is 10.6 Å². The van der Waals surface area contributed by atoms with Gasteiger partial charge in [0, 0.05) is 17.3 Å². The molecular weight excluding hydrogens is 562 g/mol. The van der Waals surface area contributed by atoms with Crippen LogP contribution in [0.4, 0.5) is 5.69 Å². The van der Waals surface area contributed by atoms with E-state index in [4.69, 9.17) is 28.6 Å². The summed E-state index contributed by atoms with van der Waals surface area (Å²) in [4.78, 5) is 25.5. The highest BCUT2D eigenvalue weighted by Crippen LogP contribution is 2.27. The summed E-state index contributed by atoms with van der Waals surface area (Å²) in [6.45, 7) is 2.81. The van der Waals surface area contributed by atoms with Crippen LogP contribution in [-0.4, -0.2) is 29.6 Å². The van der Waals surface area contributed by atoms with Crippen LogP contribution in [0, 0.1) is 0 Å². The SMILES string of the molecule is CCCCCCOc1ccc(C(=O)NC(=S)Nc2ccc(Cl)c(C(=O)NC3CCCCC3)c2)cc1Br. The van der Waals surface area contributed by atoms with Gasteiger partial charge in [-0.25, -0.2) is 0 Å². The van der Waals surface area contributed by atoms with Crippen LogP contribution in [0.5, 0.6) is 5.75 Å². The normalized spacial score (nSPS) is 13.6. The Morgan fingerprint density at radius 2 is 1.83 bits per heavy atom. The second-order valence-corrected chi connectivity index (χ2v) is 10.6. The minimum absolute atomic E-state index is 0.119. The molecule has 2 amide bonds. The number of carbonyl (C=O) groups excluding carboxylic acids is 2. The minimum Gasteiger partial charge on any atom is -0.492 e. The Morgan fingerprint density at radius 1 is 1.06 bits per heavy atom. The van der Waals surface area contributed by atoms with E-state index in [1.54, 1.807) is 36.4 Å². The van der Waals surface area contributed by atoms with E-state index >= 15 is 0 Å². The zero-order chi connectivity index (χ0) is 25.9. The molecule has 1 fully saturated rings. The first-order valence-corrected chi connectivity index (χ1v) is 14.1. The molecule has 1 aliphatic rings. The third kappa shape index (κ3) is 8.75. The summed E-state index contributed by atoms with van der Waals surface area (Å²) in [6, 6.07) is 10.3. The first-order valence-electron chi connectivity index (χ1n) is 12.5. The van der Waals surface area contributed by atoms with E-state index in [-0.39, 0.29) is 23.0 Å². The fraction of sp³-hybridized carbons (Fsp3) is 0.444. The molecule has 2 aromatic carbocycles. The number of amides is 2. The number of nitrogens with one attached hydrogen (secondary N) is 3. The van der Waals surface area contributed by atoms with Crippen molar-refractivity contribution in [3.05, 3.63) is 57.0 Å². The van der Waals surface area contributed by atoms with Gasteiger partial charge >= 0.3 is 0 Å². The Hall–Kier alpha value is -2.16. The molecule has 0 saturated heterocycles. The van der Waals surface area contributed by atoms with Crippen LogP contribution >= 0.6 is 39.7 Å². The monoisotopic (exact) mass is 593 g/mol. The molecule has 0 spiro atoms. The first-order chi connectivity index (χ1) is 17.4. The maximum atomic E-state index is 12.8. The quantitative estimate of drug-likeness (QED) is 0.199. The van der Waals surface area contributed by atoms with Crippen molar-refractivity contribution in [3.63, 3.8) is 0 Å². The van der Waals surface area contributed by atoms with Gasteiger partial charge in [-0.15, -0.1) is 0 Å². The fourth-order valence-corrected chi connectivity index (χ4v) is 5.00. The van der Waals surface area contributed by atoms with Crippen molar-refractivity contribution in [2.24, 2.45) is 0 Å². The lowest BCUT2D eigenvalue weighted by molar-refractivity contribution is 0.0926. The lowest BCUT2D eigenvalue weighted by atomic mass is 9.95. The standard InChI is InChI=1S/C27H33BrClN3O3S/c1-2-3-4-8-15-35-24-14-11-18(16-22(24)28)25(33)32-27(36)31-20-12-13-23(29)21(17-20)26(34)30-19-9-6-5-7-10-19/h11-14,16-17,19H,2-10,15H2,1H3,(H,30,34)(H2,31,32,33,36). The van der Waals surface area contributed by atoms with Crippen LogP contribution in [0.2, 0.25) is 5.02 Å². The second-order valence-electron chi connectivity index (χ2n) is 8.97. The van der Waals surface area contributed by atoms with E-state index in [0.717, 1.165) is 38.5 Å². The van der Waals surface area contributed by atoms with Gasteiger partial charge in [-0.05, 0) is 83.8 Å². The number of hydrogen-bond donors (Lipinski definition) is 3. The Morgan fingerprint density at radius 3 is 2.56 bits per heavy atom. The van der Waals surface area contributed by atoms with E-state index in [0.29, 0.717) is 38.7 Å². The van der Waals surface area contributed by atoms with Crippen LogP contribution in [0.15, 0.2) is 40.9 Å². The van der Waals surface area contributed by atoms with Crippen molar-refractivity contribution >= 4 is 62.4 Å². The smallest absolute Gasteiger partial charge is 0.257 e. The van der Waals surface area contributed by atoms with Crippen LogP contribution in [0.1, 0.15) is 85.4 Å². The van der Waals surface area contributed by atoms with Crippen molar-refractivity contribution < 1.29 is 14.3 Å². The zero-order valence-electron chi connectivity index (χ0n) is 20.5. The van der Waals surface area contributed by atoms with Gasteiger partial charge in [-0.1, -0.05) is 57.0 Å². The van der Waals surface area contributed by atoms with Gasteiger partial charge in [-0.2, -0.15) is 0 Å². The molecule has 2 aromatic rings. The Bertz CT molecular complexity index is 1080. The number of hydrogen-bond acceptors (Lipinski definition) is 4. The van der Waals surface area contributed by atoms with Gasteiger partial charge in [-0.3, -0.25) is 14.9 Å². The zero-order valence-corrected chi connectivity index (χ0v) is 23.7. The number of benzene rings is 2. The molecule has 0 heterocycles. The molecule has 0 aromatic heterocycles. The van der Waals surface area contributed by atoms with Crippen LogP contribution < -0.4 is 20.7 Å². The van der Waals surface area contributed by atoms with E-state index in [2.05, 4.69) is 38.8 Å². The molecule has 3 rings (SSSR count). The highest BCUT2D eigenvalue weighted by Gasteiger charge is 2.19. The highest BCUT2D eigenvalue weighted by atomic mass is 79.9. The molecule has 9 heteroatoms. The molecular formula is C27H33BrClN3O3S. The average Bonchev–Trinajstić information content (AvgIpc) is 2.86. The highest BCUT2D eigenvalue weighted by molar-refractivity contribution is 9.10. The minimum atomic E-state index is -0.355. The summed E-state index contributed by atoms with van der Waals surface area (Å²) in [7, 11) is 0. The van der Waals surface area contributed by atoms with Crippen LogP contribution in [-0.2, 0) is 0 Å². The van der Waals surface area contributed by atoms with Crippen molar-refractivity contribution in [2.75, 3.05) is 11.9 Å². The molecule has 0 atom stereocenters. The number of halogens is 2. The molecule has 1 saturated carbocycles. The van der Waals surface area contributed by atoms with Gasteiger partial charge in [0.1, 0.15) is 5.75 Å². The first kappa shape index (κ1) is 28.4. The average molecular weight is 595 g/mol. The summed E-state index contributed by atoms with van der Waals surface area (Å²) in [5, 5.41) is 9.19. The maximum absolute atomic E-state index is 12.8. The van der Waals surface area contributed by atoms with E-state index in [9.17, 15) is 9.59 Å². The van der Waals surface area contributed by atoms with Gasteiger partial charge in [0.25, 0.3) is 11.8 Å². The topological polar surface area (TPSA) is 79.5 Å². The number of thiocarbonyl (C=S) groups is 1. The number of rotatable bonds is 10. The third-order valence-electron chi connectivity index (χ3n) is 6.09. The number of carbonyl (C=O) groups is 2. The lowest BCUT2D eigenvalue weighted by Gasteiger charge is -2.23. The van der Waals surface area contributed by atoms with Gasteiger partial charge in [0.15, 0.2) is 5.11 Å². The van der Waals surface area contributed by atoms with Crippen LogP contribution in [0.3, 0.4) is 0 Å². The maximum Gasteiger partial charge on any atom is 0.257 e. The molecule has 0 radical (unpaired) electrons. The molecule has 0 aliphatic heterocycles. The van der Waals surface area contributed by atoms with Crippen molar-refractivity contribution in [3.8, 4) is 5.75 Å². The van der Waals surface area contributed by atoms with Crippen LogP contribution in [0.25, 0.3) is 0 Å². The summed E-state index contributed by atoms with van der Waals surface area (Å²) in [6.07, 6.45) is 9.94. The second kappa shape index (κ2) is 14.5. The van der Waals surface area contributed by atoms with E-state index in [1.807, 2.05) is 0 Å². The van der Waals surface area contributed by atoms with Gasteiger partial charge < -0.3 is 15.4 Å². The van der Waals surface area contributed by atoms with Crippen molar-refractivity contribution in [2.45, 2.75) is 70.8 Å². The molecule has 3 N–H and O–H groups in total. The number of ether oxygens (including phenoxy) is 1.